The Morgan fingerprint density at radius 3 is 2.68 bits per heavy atom. The summed E-state index contributed by atoms with van der Waals surface area (Å²) >= 11 is 5.91. The van der Waals surface area contributed by atoms with Gasteiger partial charge in [-0.15, -0.1) is 0 Å². The van der Waals surface area contributed by atoms with Crippen LogP contribution in [0, 0.1) is 0 Å². The van der Waals surface area contributed by atoms with Gasteiger partial charge in [0.1, 0.15) is 29.7 Å². The van der Waals surface area contributed by atoms with Gasteiger partial charge in [0, 0.05) is 11.4 Å². The van der Waals surface area contributed by atoms with E-state index in [4.69, 9.17) is 16.3 Å². The van der Waals surface area contributed by atoms with Crippen molar-refractivity contribution in [1.82, 2.24) is 19.7 Å². The van der Waals surface area contributed by atoms with Crippen molar-refractivity contribution >= 4 is 28.5 Å². The van der Waals surface area contributed by atoms with Gasteiger partial charge in [-0.1, -0.05) is 23.7 Å². The average molecular weight is 406 g/mol. The van der Waals surface area contributed by atoms with Gasteiger partial charge in [-0.2, -0.15) is 5.10 Å². The van der Waals surface area contributed by atoms with E-state index in [2.05, 4.69) is 15.1 Å². The third-order valence-corrected chi connectivity index (χ3v) is 5.83. The molecule has 1 saturated heterocycles. The lowest BCUT2D eigenvalue weighted by Gasteiger charge is -2.20. The summed E-state index contributed by atoms with van der Waals surface area (Å²) < 4.78 is 7.28. The molecule has 1 aliphatic heterocycles. The van der Waals surface area contributed by atoms with Crippen molar-refractivity contribution in [2.45, 2.75) is 36.1 Å². The molecule has 11 heteroatoms. The number of benzene rings is 1. The molecule has 146 valence electrons. The molecule has 3 aromatic rings. The molecule has 0 bridgehead atoms. The van der Waals surface area contributed by atoms with Crippen LogP contribution in [0.25, 0.3) is 11.0 Å². The maximum Gasteiger partial charge on any atom is 0.181 e. The van der Waals surface area contributed by atoms with Crippen molar-refractivity contribution in [1.29, 1.82) is 0 Å². The van der Waals surface area contributed by atoms with Crippen LogP contribution in [0.3, 0.4) is 0 Å². The van der Waals surface area contributed by atoms with Gasteiger partial charge < -0.3 is 20.1 Å². The normalized spacial score (nSPS) is 34.2. The molecule has 5 rings (SSSR count). The Kier molecular flexibility index (Phi) is 3.69. The van der Waals surface area contributed by atoms with Crippen LogP contribution in [0.4, 0.5) is 5.82 Å². The monoisotopic (exact) mass is 405 g/mol. The Labute approximate surface area is 162 Å². The van der Waals surface area contributed by atoms with Crippen LogP contribution in [0.1, 0.15) is 18.2 Å². The van der Waals surface area contributed by atoms with Crippen LogP contribution in [-0.2, 0) is 10.3 Å². The van der Waals surface area contributed by atoms with Gasteiger partial charge in [-0.05, 0) is 17.7 Å². The molecule has 3 heterocycles. The standard InChI is InChI=1S/C17H16ClN5O5/c18-9-3-1-8(2-4-9)16(26)6-17(16)12(25)11(24)15(28-17)23-14-10(5-21-23)13(22-27)19-7-20-14/h1-5,7,11-12,15,24-27H,6H2,(H,19,20,22)/t11-,12+,15-,16-,17+/m1/s1. The van der Waals surface area contributed by atoms with Gasteiger partial charge in [0.25, 0.3) is 0 Å². The molecule has 28 heavy (non-hydrogen) atoms. The van der Waals surface area contributed by atoms with Crippen LogP contribution in [0.5, 0.6) is 0 Å². The first-order chi connectivity index (χ1) is 13.4. The molecule has 2 aromatic heterocycles. The van der Waals surface area contributed by atoms with Gasteiger partial charge in [0.15, 0.2) is 17.7 Å². The van der Waals surface area contributed by atoms with Crippen LogP contribution in [-0.4, -0.2) is 58.1 Å². The third kappa shape index (κ3) is 2.18. The fourth-order valence-corrected chi connectivity index (χ4v) is 4.14. The molecule has 1 saturated carbocycles. The first-order valence-electron chi connectivity index (χ1n) is 8.52. The highest BCUT2D eigenvalue weighted by Gasteiger charge is 2.78. The van der Waals surface area contributed by atoms with Crippen molar-refractivity contribution in [3.8, 4) is 0 Å². The lowest BCUT2D eigenvalue weighted by atomic mass is 9.99. The summed E-state index contributed by atoms with van der Waals surface area (Å²) in [6.07, 6.45) is -1.07. The van der Waals surface area contributed by atoms with Gasteiger partial charge in [0.2, 0.25) is 0 Å². The molecule has 2 aliphatic rings. The molecule has 10 nitrogen and oxygen atoms in total. The molecule has 1 aromatic carbocycles. The van der Waals surface area contributed by atoms with E-state index in [0.717, 1.165) is 0 Å². The van der Waals surface area contributed by atoms with Crippen molar-refractivity contribution < 1.29 is 25.3 Å². The fraction of sp³-hybridized carbons (Fsp3) is 0.353. The fourth-order valence-electron chi connectivity index (χ4n) is 4.02. The van der Waals surface area contributed by atoms with Crippen LogP contribution < -0.4 is 5.48 Å². The summed E-state index contributed by atoms with van der Waals surface area (Å²) in [6, 6.07) is 6.58. The number of aromatic nitrogens is 4. The van der Waals surface area contributed by atoms with E-state index in [-0.39, 0.29) is 17.9 Å². The molecule has 5 N–H and O–H groups in total. The largest absolute Gasteiger partial charge is 0.387 e. The second kappa shape index (κ2) is 5.83. The molecule has 0 amide bonds. The topological polar surface area (TPSA) is 146 Å². The number of aliphatic hydroxyl groups excluding tert-OH is 2. The summed E-state index contributed by atoms with van der Waals surface area (Å²) in [7, 11) is 0. The molecule has 5 atom stereocenters. The number of hydrogen-bond donors (Lipinski definition) is 5. The predicted octanol–water partition coefficient (Wildman–Crippen LogP) is 0.562. The Bertz CT molecular complexity index is 1060. The first-order valence-corrected chi connectivity index (χ1v) is 8.90. The average Bonchev–Trinajstić information content (AvgIpc) is 2.97. The highest BCUT2D eigenvalue weighted by atomic mass is 35.5. The van der Waals surface area contributed by atoms with E-state index >= 15 is 0 Å². The van der Waals surface area contributed by atoms with E-state index in [1.165, 1.54) is 17.2 Å². The number of nitrogens with one attached hydrogen (secondary N) is 1. The van der Waals surface area contributed by atoms with Crippen LogP contribution >= 0.6 is 11.6 Å². The minimum atomic E-state index is -1.47. The zero-order valence-corrected chi connectivity index (χ0v) is 15.0. The maximum atomic E-state index is 11.1. The van der Waals surface area contributed by atoms with Crippen LogP contribution in [0.2, 0.25) is 5.02 Å². The number of anilines is 1. The lowest BCUT2D eigenvalue weighted by molar-refractivity contribution is -0.0927. The van der Waals surface area contributed by atoms with E-state index in [1.54, 1.807) is 24.3 Å². The number of rotatable bonds is 3. The quantitative estimate of drug-likeness (QED) is 0.394. The predicted molar refractivity (Wildman–Crippen MR) is 95.6 cm³/mol. The second-order valence-electron chi connectivity index (χ2n) is 7.04. The summed E-state index contributed by atoms with van der Waals surface area (Å²) in [5, 5.41) is 46.7. The zero-order chi connectivity index (χ0) is 19.7. The minimum Gasteiger partial charge on any atom is -0.387 e. The SMILES string of the molecule is ONc1ncnc2c1cnn2[C@@H]1O[C@@]2(C[C@@]2(O)c2ccc(Cl)cc2)[C@@H](O)[C@H]1O. The summed E-state index contributed by atoms with van der Waals surface area (Å²) in [4.78, 5) is 8.00. The maximum absolute atomic E-state index is 11.1. The molecular weight excluding hydrogens is 390 g/mol. The number of nitrogens with zero attached hydrogens (tertiary/aromatic N) is 4. The molecular formula is C17H16ClN5O5. The molecule has 0 unspecified atom stereocenters. The smallest absolute Gasteiger partial charge is 0.181 e. The van der Waals surface area contributed by atoms with E-state index in [1.807, 2.05) is 5.48 Å². The number of ether oxygens (including phenoxy) is 1. The van der Waals surface area contributed by atoms with Crippen LogP contribution in [0.15, 0.2) is 36.8 Å². The van der Waals surface area contributed by atoms with Gasteiger partial charge in [-0.3, -0.25) is 10.7 Å². The third-order valence-electron chi connectivity index (χ3n) is 5.58. The van der Waals surface area contributed by atoms with E-state index < -0.39 is 29.6 Å². The Hall–Kier alpha value is -2.34. The Morgan fingerprint density at radius 2 is 1.96 bits per heavy atom. The second-order valence-corrected chi connectivity index (χ2v) is 7.47. The van der Waals surface area contributed by atoms with E-state index in [9.17, 15) is 20.5 Å². The summed E-state index contributed by atoms with van der Waals surface area (Å²) in [5.41, 5.74) is -0.0785. The van der Waals surface area contributed by atoms with Crippen molar-refractivity contribution in [2.75, 3.05) is 5.48 Å². The minimum absolute atomic E-state index is 0.105. The van der Waals surface area contributed by atoms with Gasteiger partial charge in [-0.25, -0.2) is 14.6 Å². The van der Waals surface area contributed by atoms with Gasteiger partial charge >= 0.3 is 0 Å². The summed E-state index contributed by atoms with van der Waals surface area (Å²) in [5.74, 6) is 0.142. The zero-order valence-electron chi connectivity index (χ0n) is 14.3. The number of halogens is 1. The molecule has 1 spiro atoms. The molecule has 2 fully saturated rings. The molecule has 0 radical (unpaired) electrons. The number of fused-ring (bicyclic) bond motifs is 1. The summed E-state index contributed by atoms with van der Waals surface area (Å²) in [6.45, 7) is 0. The number of hydrogen-bond acceptors (Lipinski definition) is 9. The highest BCUT2D eigenvalue weighted by Crippen LogP contribution is 2.65. The van der Waals surface area contributed by atoms with Crippen molar-refractivity contribution in [2.24, 2.45) is 0 Å². The van der Waals surface area contributed by atoms with Crippen molar-refractivity contribution in [3.05, 3.63) is 47.4 Å². The van der Waals surface area contributed by atoms with E-state index in [0.29, 0.717) is 16.0 Å². The molecule has 1 aliphatic carbocycles. The Balaban J connectivity index is 1.53. The van der Waals surface area contributed by atoms with Gasteiger partial charge in [0.05, 0.1) is 11.6 Å². The lowest BCUT2D eigenvalue weighted by Crippen LogP contribution is -2.38. The number of aliphatic hydroxyl groups is 3. The first kappa shape index (κ1) is 17.7. The highest BCUT2D eigenvalue weighted by molar-refractivity contribution is 6.30. The Morgan fingerprint density at radius 1 is 1.21 bits per heavy atom. The van der Waals surface area contributed by atoms with Crippen molar-refractivity contribution in [3.63, 3.8) is 0 Å².